The number of ether oxygens (including phenoxy) is 3. The van der Waals surface area contributed by atoms with Gasteiger partial charge in [-0.15, -0.1) is 0 Å². The Bertz CT molecular complexity index is 1900. The highest BCUT2D eigenvalue weighted by Gasteiger charge is 2.12. The quantitative estimate of drug-likeness (QED) is 0.0550. The van der Waals surface area contributed by atoms with Gasteiger partial charge in [0.1, 0.15) is 43.2 Å². The molecule has 2 heterocycles. The van der Waals surface area contributed by atoms with Gasteiger partial charge in [0.25, 0.3) is 0 Å². The topological polar surface area (TPSA) is 199 Å². The van der Waals surface area contributed by atoms with Crippen molar-refractivity contribution in [2.45, 2.75) is 40.9 Å². The lowest BCUT2D eigenvalue weighted by atomic mass is 10.1. The van der Waals surface area contributed by atoms with E-state index in [2.05, 4.69) is 36.2 Å². The summed E-state index contributed by atoms with van der Waals surface area (Å²) in [6, 6.07) is 19.5. The minimum Gasteiger partial charge on any atom is -0.457 e. The number of hydrogen-bond donors (Lipinski definition) is 4. The summed E-state index contributed by atoms with van der Waals surface area (Å²) in [6.45, 7) is 6.42. The highest BCUT2D eigenvalue weighted by molar-refractivity contribution is 5.93. The van der Waals surface area contributed by atoms with Crippen LogP contribution in [-0.4, -0.2) is 59.2 Å². The summed E-state index contributed by atoms with van der Waals surface area (Å²) in [4.78, 5) is 73.1. The van der Waals surface area contributed by atoms with E-state index in [1.165, 1.54) is 20.8 Å². The van der Waals surface area contributed by atoms with Crippen molar-refractivity contribution in [1.82, 2.24) is 9.97 Å². The molecule has 0 aliphatic heterocycles. The van der Waals surface area contributed by atoms with Crippen LogP contribution in [0.2, 0.25) is 0 Å². The molecule has 15 nitrogen and oxygen atoms in total. The average Bonchev–Trinajstić information content (AvgIpc) is 3.08. The van der Waals surface area contributed by atoms with Crippen LogP contribution in [0.5, 0.6) is 0 Å². The van der Waals surface area contributed by atoms with E-state index in [0.29, 0.717) is 46.2 Å². The summed E-state index contributed by atoms with van der Waals surface area (Å²) >= 11 is 0. The fourth-order valence-corrected chi connectivity index (χ4v) is 4.43. The molecule has 0 fully saturated rings. The van der Waals surface area contributed by atoms with Crippen LogP contribution in [0.4, 0.5) is 29.0 Å². The van der Waals surface area contributed by atoms with Gasteiger partial charge in [0, 0.05) is 33.6 Å². The Morgan fingerprint density at radius 2 is 1.18 bits per heavy atom. The summed E-state index contributed by atoms with van der Waals surface area (Å²) in [5.41, 5.74) is 2.89. The molecule has 4 rings (SSSR count). The number of amides is 3. The molecule has 15 heteroatoms. The van der Waals surface area contributed by atoms with Crippen molar-refractivity contribution in [1.29, 1.82) is 0 Å². The third-order valence-corrected chi connectivity index (χ3v) is 6.57. The number of nitrogens with one attached hydrogen (secondary N) is 4. The van der Waals surface area contributed by atoms with Gasteiger partial charge in [0.2, 0.25) is 17.7 Å². The highest BCUT2D eigenvalue weighted by atomic mass is 16.5. The van der Waals surface area contributed by atoms with Crippen LogP contribution in [0.3, 0.4) is 0 Å². The molecular formula is C36H37N7O8. The Kier molecular flexibility index (Phi) is 13.4. The summed E-state index contributed by atoms with van der Waals surface area (Å²) in [5, 5.41) is 10.7. The summed E-state index contributed by atoms with van der Waals surface area (Å²) in [6.07, 6.45) is 1.57. The number of pyridine rings is 2. The van der Waals surface area contributed by atoms with Gasteiger partial charge in [-0.2, -0.15) is 0 Å². The first-order valence-electron chi connectivity index (χ1n) is 15.7. The number of aliphatic imine (C=N–C) groups is 1. The minimum atomic E-state index is -0.594. The van der Waals surface area contributed by atoms with E-state index in [9.17, 15) is 24.0 Å². The molecule has 4 aromatic rings. The third-order valence-electron chi connectivity index (χ3n) is 6.57. The van der Waals surface area contributed by atoms with E-state index in [1.807, 2.05) is 6.92 Å². The second kappa shape index (κ2) is 18.3. The molecule has 3 amide bonds. The van der Waals surface area contributed by atoms with E-state index in [1.54, 1.807) is 79.0 Å². The van der Waals surface area contributed by atoms with Crippen molar-refractivity contribution in [3.63, 3.8) is 0 Å². The minimum absolute atomic E-state index is 0.0608. The van der Waals surface area contributed by atoms with Gasteiger partial charge >= 0.3 is 11.9 Å². The first-order valence-corrected chi connectivity index (χ1v) is 15.7. The highest BCUT2D eigenvalue weighted by Crippen LogP contribution is 2.19. The molecule has 264 valence electrons. The van der Waals surface area contributed by atoms with Gasteiger partial charge in [-0.05, 0) is 84.3 Å². The van der Waals surface area contributed by atoms with E-state index in [0.717, 1.165) is 0 Å². The Hall–Kier alpha value is -6.48. The van der Waals surface area contributed by atoms with Crippen molar-refractivity contribution in [2.24, 2.45) is 4.99 Å². The molecule has 0 saturated heterocycles. The molecule has 0 saturated carbocycles. The maximum Gasteiger partial charge on any atom is 0.338 e. The zero-order valence-electron chi connectivity index (χ0n) is 28.4. The second-order valence-corrected chi connectivity index (χ2v) is 10.9. The number of rotatable bonds is 15. The van der Waals surface area contributed by atoms with Crippen LogP contribution in [-0.2, 0) is 41.8 Å². The smallest absolute Gasteiger partial charge is 0.338 e. The lowest BCUT2D eigenvalue weighted by molar-refractivity contribution is -0.115. The van der Waals surface area contributed by atoms with Crippen LogP contribution in [0.15, 0.2) is 77.8 Å². The first kappa shape index (κ1) is 37.3. The summed E-state index contributed by atoms with van der Waals surface area (Å²) in [5.74, 6) is -0.971. The molecule has 2 aromatic heterocycles. The van der Waals surface area contributed by atoms with Gasteiger partial charge in [0.15, 0.2) is 0 Å². The lowest BCUT2D eigenvalue weighted by Crippen LogP contribution is -2.13. The van der Waals surface area contributed by atoms with Crippen molar-refractivity contribution in [3.8, 4) is 0 Å². The molecule has 0 radical (unpaired) electrons. The monoisotopic (exact) mass is 695 g/mol. The summed E-state index contributed by atoms with van der Waals surface area (Å²) in [7, 11) is 0. The fourth-order valence-electron chi connectivity index (χ4n) is 4.43. The molecule has 51 heavy (non-hydrogen) atoms. The molecule has 0 bridgehead atoms. The van der Waals surface area contributed by atoms with Crippen LogP contribution >= 0.6 is 0 Å². The van der Waals surface area contributed by atoms with Crippen molar-refractivity contribution in [2.75, 3.05) is 34.6 Å². The van der Waals surface area contributed by atoms with Crippen LogP contribution in [0, 0.1) is 0 Å². The maximum absolute atomic E-state index is 12.9. The average molecular weight is 696 g/mol. The van der Waals surface area contributed by atoms with Gasteiger partial charge in [0.05, 0.1) is 16.8 Å². The molecule has 0 spiro atoms. The van der Waals surface area contributed by atoms with E-state index in [4.69, 9.17) is 14.2 Å². The van der Waals surface area contributed by atoms with Crippen molar-refractivity contribution >= 4 is 64.8 Å². The Morgan fingerprint density at radius 1 is 0.667 bits per heavy atom. The number of esters is 2. The Balaban J connectivity index is 1.35. The largest absolute Gasteiger partial charge is 0.457 e. The maximum atomic E-state index is 12.9. The number of benzene rings is 2. The van der Waals surface area contributed by atoms with E-state index < -0.39 is 11.9 Å². The lowest BCUT2D eigenvalue weighted by Gasteiger charge is -2.11. The zero-order valence-corrected chi connectivity index (χ0v) is 28.4. The predicted octanol–water partition coefficient (Wildman–Crippen LogP) is 5.22. The number of carbonyl (C=O) groups excluding carboxylic acids is 5. The number of anilines is 4. The molecule has 0 unspecified atom stereocenters. The predicted molar refractivity (Wildman–Crippen MR) is 190 cm³/mol. The van der Waals surface area contributed by atoms with Gasteiger partial charge in [-0.3, -0.25) is 19.4 Å². The number of aromatic nitrogens is 2. The molecule has 0 aliphatic rings. The third kappa shape index (κ3) is 12.5. The van der Waals surface area contributed by atoms with Crippen LogP contribution in [0.1, 0.15) is 65.1 Å². The molecule has 0 aliphatic carbocycles. The normalized spacial score (nSPS) is 10.7. The van der Waals surface area contributed by atoms with E-state index in [-0.39, 0.29) is 54.9 Å². The molecule has 2 aromatic carbocycles. The van der Waals surface area contributed by atoms with Gasteiger partial charge in [-0.1, -0.05) is 12.1 Å². The van der Waals surface area contributed by atoms with Gasteiger partial charge in [-0.25, -0.2) is 19.6 Å². The SMILES string of the molecule is CCOCNc1cc(COC(=O)c2ccc(N=Cc3cccc(C(=O)OCc4cc(NC(C)=O)nc(NC(C)=O)c4)c3)cc2)cc(NC(C)=O)n1. The van der Waals surface area contributed by atoms with Crippen molar-refractivity contribution in [3.05, 3.63) is 101 Å². The Morgan fingerprint density at radius 3 is 1.71 bits per heavy atom. The zero-order chi connectivity index (χ0) is 36.8. The molecule has 0 atom stereocenters. The fraction of sp³-hybridized carbons (Fsp3) is 0.222. The molecular weight excluding hydrogens is 658 g/mol. The Labute approximate surface area is 293 Å². The number of hydrogen-bond acceptors (Lipinski definition) is 12. The standard InChI is InChI=1S/C36H37N7O8/c1-5-49-21-38-31-14-26(15-32(42-31)39-22(2)44)19-50-35(47)28-9-11-30(12-10-28)37-18-25-7-6-8-29(13-25)36(48)51-20-27-16-33(40-23(3)45)43-34(17-27)41-24(4)46/h6-18H,5,19-21H2,1-4H3,(H2,38,39,42,44)(H2,40,41,43,45,46). The molecule has 4 N–H and O–H groups in total. The number of nitrogens with zero attached hydrogens (tertiary/aromatic N) is 3. The van der Waals surface area contributed by atoms with Crippen LogP contribution in [0.25, 0.3) is 0 Å². The van der Waals surface area contributed by atoms with E-state index >= 15 is 0 Å². The van der Waals surface area contributed by atoms with Gasteiger partial charge < -0.3 is 35.5 Å². The first-order chi connectivity index (χ1) is 24.5. The summed E-state index contributed by atoms with van der Waals surface area (Å²) < 4.78 is 16.3. The number of carbonyl (C=O) groups is 5. The second-order valence-electron chi connectivity index (χ2n) is 10.9. The van der Waals surface area contributed by atoms with Crippen LogP contribution < -0.4 is 21.3 Å². The van der Waals surface area contributed by atoms with Crippen molar-refractivity contribution < 1.29 is 38.2 Å².